The first-order chi connectivity index (χ1) is 22.3. The van der Waals surface area contributed by atoms with Crippen molar-refractivity contribution < 1.29 is 47.1 Å². The van der Waals surface area contributed by atoms with Gasteiger partial charge in [0.15, 0.2) is 33.3 Å². The molecule has 0 bridgehead atoms. The first-order valence-electron chi connectivity index (χ1n) is 16.2. The maximum absolute atomic E-state index is 12.2. The lowest BCUT2D eigenvalue weighted by molar-refractivity contribution is -0.385. The molecule has 2 aromatic rings. The molecule has 10 nitrogen and oxygen atoms in total. The lowest BCUT2D eigenvalue weighted by atomic mass is 9.96. The quantitative estimate of drug-likeness (QED) is 0.118. The van der Waals surface area contributed by atoms with Gasteiger partial charge < -0.3 is 42.3 Å². The largest absolute Gasteiger partial charge is 0.457 e. The summed E-state index contributed by atoms with van der Waals surface area (Å²) in [6, 6.07) is 19.7. The highest BCUT2D eigenvalue weighted by atomic mass is 127. The minimum absolute atomic E-state index is 0.0690. The summed E-state index contributed by atoms with van der Waals surface area (Å²) in [7, 11) is -0.718. The van der Waals surface area contributed by atoms with Gasteiger partial charge in [-0.15, -0.1) is 0 Å². The second-order valence-corrected chi connectivity index (χ2v) is 20.1. The lowest BCUT2D eigenvalue weighted by Crippen LogP contribution is -2.66. The van der Waals surface area contributed by atoms with Crippen LogP contribution >= 0.6 is 22.6 Å². The molecule has 0 radical (unpaired) electrons. The summed E-state index contributed by atoms with van der Waals surface area (Å²) in [5.41, 5.74) is 1.89. The zero-order valence-corrected chi connectivity index (χ0v) is 31.7. The highest BCUT2D eigenvalue weighted by molar-refractivity contribution is 14.1. The number of halogens is 1. The highest BCUT2D eigenvalue weighted by Gasteiger charge is 2.56. The summed E-state index contributed by atoms with van der Waals surface area (Å²) < 4.78 is 57.5. The van der Waals surface area contributed by atoms with Gasteiger partial charge in [-0.2, -0.15) is 0 Å². The van der Waals surface area contributed by atoms with Crippen molar-refractivity contribution in [2.24, 2.45) is 0 Å². The van der Waals surface area contributed by atoms with Crippen molar-refractivity contribution in [2.45, 2.75) is 125 Å². The predicted octanol–water partition coefficient (Wildman–Crippen LogP) is 6.31. The average Bonchev–Trinajstić information content (AvgIpc) is 3.04. The minimum atomic E-state index is -2.31. The van der Waals surface area contributed by atoms with E-state index in [1.165, 1.54) is 6.92 Å². The van der Waals surface area contributed by atoms with Gasteiger partial charge in [0.05, 0.1) is 23.2 Å². The van der Waals surface area contributed by atoms with E-state index in [9.17, 15) is 4.79 Å². The molecule has 12 heteroatoms. The predicted molar refractivity (Wildman–Crippen MR) is 185 cm³/mol. The zero-order chi connectivity index (χ0) is 33.9. The standard InChI is InChI=1S/C35H49IO10Si/c1-21-27(42-22(2)37)29(46-47(7,8)35(3,4)5)26(36)33(41-21)45-30-28-25(20-40-32(44-28)24-17-13-10-14-18-24)43-34(38-6)31(30)39-19-23-15-11-9-12-16-23/h9-18,21,25-34H,19-20H2,1-8H3/t21-,25-,26+,27-,28-,29-,30+,31-,32-,33-,34+/m1/s1. The van der Waals surface area contributed by atoms with Crippen molar-refractivity contribution in [3.05, 3.63) is 71.8 Å². The number of ether oxygens (including phenoxy) is 8. The van der Waals surface area contributed by atoms with Crippen LogP contribution in [0.3, 0.4) is 0 Å². The van der Waals surface area contributed by atoms with Crippen molar-refractivity contribution >= 4 is 36.9 Å². The number of benzene rings is 2. The van der Waals surface area contributed by atoms with Crippen molar-refractivity contribution in [1.29, 1.82) is 0 Å². The van der Waals surface area contributed by atoms with Crippen LogP contribution in [-0.4, -0.2) is 87.2 Å². The van der Waals surface area contributed by atoms with E-state index >= 15 is 0 Å². The molecule has 0 saturated carbocycles. The molecule has 0 aromatic heterocycles. The molecule has 5 rings (SSSR count). The molecule has 3 saturated heterocycles. The third-order valence-corrected chi connectivity index (χ3v) is 15.2. The summed E-state index contributed by atoms with van der Waals surface area (Å²) in [5, 5.41) is -0.0690. The Morgan fingerprint density at radius 2 is 1.57 bits per heavy atom. The van der Waals surface area contributed by atoms with E-state index in [4.69, 9.17) is 42.3 Å². The molecular weight excluding hydrogens is 735 g/mol. The molecule has 3 aliphatic heterocycles. The van der Waals surface area contributed by atoms with E-state index in [1.54, 1.807) is 7.11 Å². The smallest absolute Gasteiger partial charge is 0.303 e. The van der Waals surface area contributed by atoms with Gasteiger partial charge in [0.25, 0.3) is 0 Å². The van der Waals surface area contributed by atoms with Gasteiger partial charge in [-0.05, 0) is 30.6 Å². The van der Waals surface area contributed by atoms with Gasteiger partial charge in [-0.1, -0.05) is 104 Å². The second kappa shape index (κ2) is 15.6. The van der Waals surface area contributed by atoms with Gasteiger partial charge in [0.2, 0.25) is 0 Å². The zero-order valence-electron chi connectivity index (χ0n) is 28.5. The van der Waals surface area contributed by atoms with Gasteiger partial charge >= 0.3 is 5.97 Å². The Kier molecular flexibility index (Phi) is 12.2. The van der Waals surface area contributed by atoms with E-state index < -0.39 is 69.9 Å². The Balaban J connectivity index is 1.47. The minimum Gasteiger partial charge on any atom is -0.457 e. The van der Waals surface area contributed by atoms with E-state index in [0.29, 0.717) is 6.61 Å². The Bertz CT molecular complexity index is 1290. The number of methoxy groups -OCH3 is 1. The third-order valence-electron chi connectivity index (χ3n) is 9.41. The molecule has 47 heavy (non-hydrogen) atoms. The number of hydrogen-bond donors (Lipinski definition) is 0. The van der Waals surface area contributed by atoms with Crippen LogP contribution in [0.2, 0.25) is 18.1 Å². The van der Waals surface area contributed by atoms with Crippen molar-refractivity contribution in [2.75, 3.05) is 13.7 Å². The van der Waals surface area contributed by atoms with Crippen molar-refractivity contribution in [1.82, 2.24) is 0 Å². The number of hydrogen-bond acceptors (Lipinski definition) is 10. The number of esters is 1. The van der Waals surface area contributed by atoms with Crippen LogP contribution in [0.15, 0.2) is 60.7 Å². The lowest BCUT2D eigenvalue weighted by Gasteiger charge is -2.52. The molecule has 11 atom stereocenters. The Labute approximate surface area is 293 Å². The Morgan fingerprint density at radius 3 is 2.19 bits per heavy atom. The number of carbonyl (C=O) groups is 1. The fourth-order valence-electron chi connectivity index (χ4n) is 5.85. The molecule has 2 aromatic carbocycles. The summed E-state index contributed by atoms with van der Waals surface area (Å²) >= 11 is 2.32. The first-order valence-corrected chi connectivity index (χ1v) is 20.4. The van der Waals surface area contributed by atoms with Crippen LogP contribution < -0.4 is 0 Å². The normalized spacial score (nSPS) is 34.8. The maximum Gasteiger partial charge on any atom is 0.303 e. The molecule has 0 N–H and O–H groups in total. The monoisotopic (exact) mass is 784 g/mol. The molecule has 3 heterocycles. The van der Waals surface area contributed by atoms with Crippen LogP contribution in [0.1, 0.15) is 52.0 Å². The van der Waals surface area contributed by atoms with Crippen LogP contribution in [0.5, 0.6) is 0 Å². The number of rotatable bonds is 10. The second-order valence-electron chi connectivity index (χ2n) is 13.9. The Hall–Kier alpha value is -1.46. The SMILES string of the molecule is CO[C@H]1O[C@@H]2CO[C@@H](c3ccccc3)O[C@H]2[C@H](O[C@H]2O[C@H](C)[C@@H](OC(C)=O)[C@H](O[Si](C)(C)C(C)(C)C)[C@@H]2I)[C@H]1OCc1ccccc1. The molecule has 0 unspecified atom stereocenters. The van der Waals surface area contributed by atoms with E-state index in [0.717, 1.165) is 11.1 Å². The van der Waals surface area contributed by atoms with Crippen molar-refractivity contribution in [3.8, 4) is 0 Å². The molecule has 0 spiro atoms. The van der Waals surface area contributed by atoms with Crippen molar-refractivity contribution in [3.63, 3.8) is 0 Å². The van der Waals surface area contributed by atoms with Crippen LogP contribution in [0.25, 0.3) is 0 Å². The summed E-state index contributed by atoms with van der Waals surface area (Å²) in [6.07, 6.45) is -6.12. The summed E-state index contributed by atoms with van der Waals surface area (Å²) in [5.74, 6) is -0.385. The van der Waals surface area contributed by atoms with Crippen LogP contribution in [-0.2, 0) is 53.7 Å². The van der Waals surface area contributed by atoms with Gasteiger partial charge in [0.1, 0.15) is 30.5 Å². The number of alkyl halides is 1. The fraction of sp³-hybridized carbons (Fsp3) is 0.629. The van der Waals surface area contributed by atoms with Gasteiger partial charge in [0, 0.05) is 19.6 Å². The number of fused-ring (bicyclic) bond motifs is 1. The van der Waals surface area contributed by atoms with E-state index in [-0.39, 0.29) is 21.5 Å². The van der Waals surface area contributed by atoms with E-state index in [2.05, 4.69) is 56.5 Å². The average molecular weight is 785 g/mol. The van der Waals surface area contributed by atoms with Gasteiger partial charge in [-0.25, -0.2) is 0 Å². The fourth-order valence-corrected chi connectivity index (χ4v) is 8.33. The van der Waals surface area contributed by atoms with Crippen LogP contribution in [0.4, 0.5) is 0 Å². The molecule has 0 amide bonds. The molecule has 3 aliphatic rings. The van der Waals surface area contributed by atoms with Gasteiger partial charge in [-0.3, -0.25) is 4.79 Å². The molecule has 260 valence electrons. The summed E-state index contributed by atoms with van der Waals surface area (Å²) in [6.45, 7) is 14.8. The first kappa shape index (κ1) is 36.8. The van der Waals surface area contributed by atoms with Crippen LogP contribution in [0, 0.1) is 0 Å². The molecular formula is C35H49IO10Si. The summed E-state index contributed by atoms with van der Waals surface area (Å²) in [4.78, 5) is 12.2. The van der Waals surface area contributed by atoms with E-state index in [1.807, 2.05) is 67.6 Å². The topological polar surface area (TPSA) is 100 Å². The number of carbonyl (C=O) groups excluding carboxylic acids is 1. The molecule has 0 aliphatic carbocycles. The highest BCUT2D eigenvalue weighted by Crippen LogP contribution is 2.43. The maximum atomic E-state index is 12.2. The third kappa shape index (κ3) is 8.65. The molecule has 3 fully saturated rings. The Morgan fingerprint density at radius 1 is 0.915 bits per heavy atom.